The largest absolute Gasteiger partial charge is 0.467 e. The molecule has 0 aliphatic heterocycles. The molecular weight excluding hydrogens is 302 g/mol. The van der Waals surface area contributed by atoms with E-state index in [0.29, 0.717) is 19.1 Å². The summed E-state index contributed by atoms with van der Waals surface area (Å²) < 4.78 is 9.99. The highest BCUT2D eigenvalue weighted by atomic mass is 16.5. The molecule has 1 saturated carbocycles. The van der Waals surface area contributed by atoms with E-state index >= 15 is 0 Å². The fraction of sp³-hybridized carbons (Fsp3) is 0.800. The SMILES string of the molecule is COC(=O)[C@H](C)NC(=O)[C@H](C)NC(=O)N(C)CCOCC1CC1. The van der Waals surface area contributed by atoms with E-state index in [1.807, 2.05) is 0 Å². The van der Waals surface area contributed by atoms with Crippen molar-refractivity contribution in [1.82, 2.24) is 15.5 Å². The van der Waals surface area contributed by atoms with Crippen molar-refractivity contribution in [1.29, 1.82) is 0 Å². The Morgan fingerprint density at radius 1 is 1.17 bits per heavy atom. The van der Waals surface area contributed by atoms with Crippen LogP contribution in [-0.4, -0.2) is 68.8 Å². The second-order valence-electron chi connectivity index (χ2n) is 5.86. The molecule has 0 aromatic heterocycles. The predicted molar refractivity (Wildman–Crippen MR) is 83.8 cm³/mol. The Morgan fingerprint density at radius 2 is 1.83 bits per heavy atom. The van der Waals surface area contributed by atoms with Gasteiger partial charge in [0.15, 0.2) is 0 Å². The van der Waals surface area contributed by atoms with Crippen LogP contribution in [0.15, 0.2) is 0 Å². The monoisotopic (exact) mass is 329 g/mol. The zero-order valence-electron chi connectivity index (χ0n) is 14.3. The van der Waals surface area contributed by atoms with Gasteiger partial charge in [0.2, 0.25) is 5.91 Å². The summed E-state index contributed by atoms with van der Waals surface area (Å²) >= 11 is 0. The van der Waals surface area contributed by atoms with E-state index in [1.165, 1.54) is 31.8 Å². The van der Waals surface area contributed by atoms with Crippen molar-refractivity contribution in [3.05, 3.63) is 0 Å². The number of likely N-dealkylation sites (N-methyl/N-ethyl adjacent to an activating group) is 1. The van der Waals surface area contributed by atoms with Crippen molar-refractivity contribution in [2.24, 2.45) is 5.92 Å². The summed E-state index contributed by atoms with van der Waals surface area (Å²) in [4.78, 5) is 36.6. The third-order valence-corrected chi connectivity index (χ3v) is 3.61. The minimum absolute atomic E-state index is 0.367. The van der Waals surface area contributed by atoms with Gasteiger partial charge in [-0.3, -0.25) is 4.79 Å². The third-order valence-electron chi connectivity index (χ3n) is 3.61. The number of methoxy groups -OCH3 is 1. The molecule has 132 valence electrons. The van der Waals surface area contributed by atoms with Gasteiger partial charge in [0.1, 0.15) is 12.1 Å². The van der Waals surface area contributed by atoms with Crippen molar-refractivity contribution in [2.45, 2.75) is 38.8 Å². The standard InChI is InChI=1S/C15H27N3O5/c1-10(13(19)16-11(2)14(20)22-4)17-15(21)18(3)7-8-23-9-12-5-6-12/h10-12H,5-9H2,1-4H3,(H,16,19)(H,17,21)/t10-,11-/m0/s1. The van der Waals surface area contributed by atoms with Crippen molar-refractivity contribution in [3.8, 4) is 0 Å². The van der Waals surface area contributed by atoms with Gasteiger partial charge >= 0.3 is 12.0 Å². The first-order valence-corrected chi connectivity index (χ1v) is 7.82. The second-order valence-corrected chi connectivity index (χ2v) is 5.86. The van der Waals surface area contributed by atoms with Crippen LogP contribution in [0.2, 0.25) is 0 Å². The molecule has 2 N–H and O–H groups in total. The number of esters is 1. The number of nitrogens with zero attached hydrogens (tertiary/aromatic N) is 1. The molecule has 0 aromatic rings. The number of hydrogen-bond acceptors (Lipinski definition) is 5. The number of carbonyl (C=O) groups is 3. The molecule has 2 atom stereocenters. The summed E-state index contributed by atoms with van der Waals surface area (Å²) in [6.45, 7) is 4.74. The van der Waals surface area contributed by atoms with Gasteiger partial charge in [0.25, 0.3) is 0 Å². The highest BCUT2D eigenvalue weighted by molar-refractivity contribution is 5.89. The Balaban J connectivity index is 2.24. The first-order valence-electron chi connectivity index (χ1n) is 7.82. The van der Waals surface area contributed by atoms with Crippen LogP contribution in [0.3, 0.4) is 0 Å². The van der Waals surface area contributed by atoms with Gasteiger partial charge in [-0.25, -0.2) is 9.59 Å². The van der Waals surface area contributed by atoms with Crippen molar-refractivity contribution >= 4 is 17.9 Å². The van der Waals surface area contributed by atoms with E-state index < -0.39 is 24.0 Å². The molecule has 0 bridgehead atoms. The summed E-state index contributed by atoms with van der Waals surface area (Å²) in [5.74, 6) is -0.300. The maximum absolute atomic E-state index is 12.0. The van der Waals surface area contributed by atoms with E-state index in [2.05, 4.69) is 15.4 Å². The number of hydrogen-bond donors (Lipinski definition) is 2. The van der Waals surface area contributed by atoms with E-state index in [9.17, 15) is 14.4 Å². The molecular formula is C15H27N3O5. The normalized spacial score (nSPS) is 16.2. The van der Waals surface area contributed by atoms with Crippen LogP contribution in [0.25, 0.3) is 0 Å². The van der Waals surface area contributed by atoms with E-state index in [-0.39, 0.29) is 6.03 Å². The van der Waals surface area contributed by atoms with E-state index in [0.717, 1.165) is 6.61 Å². The van der Waals surface area contributed by atoms with Crippen LogP contribution in [0.1, 0.15) is 26.7 Å². The van der Waals surface area contributed by atoms with Crippen LogP contribution in [0, 0.1) is 5.92 Å². The summed E-state index contributed by atoms with van der Waals surface area (Å²) in [6, 6.07) is -1.89. The molecule has 1 fully saturated rings. The number of nitrogens with one attached hydrogen (secondary N) is 2. The highest BCUT2D eigenvalue weighted by Gasteiger charge is 2.23. The molecule has 0 spiro atoms. The molecule has 0 saturated heterocycles. The summed E-state index contributed by atoms with van der Waals surface area (Å²) in [5, 5.41) is 5.05. The number of amides is 3. The lowest BCUT2D eigenvalue weighted by Crippen LogP contribution is -2.52. The molecule has 0 aromatic carbocycles. The molecule has 1 rings (SSSR count). The quantitative estimate of drug-likeness (QED) is 0.463. The summed E-state index contributed by atoms with van der Waals surface area (Å²) in [5.41, 5.74) is 0. The van der Waals surface area contributed by atoms with Crippen LogP contribution < -0.4 is 10.6 Å². The van der Waals surface area contributed by atoms with Crippen molar-refractivity contribution in [3.63, 3.8) is 0 Å². The molecule has 8 heteroatoms. The summed E-state index contributed by atoms with van der Waals surface area (Å²) in [7, 11) is 2.88. The third kappa shape index (κ3) is 7.32. The van der Waals surface area contributed by atoms with Crippen LogP contribution in [-0.2, 0) is 19.1 Å². The number of ether oxygens (including phenoxy) is 2. The Bertz CT molecular complexity index is 425. The van der Waals surface area contributed by atoms with Crippen LogP contribution >= 0.6 is 0 Å². The average Bonchev–Trinajstić information content (AvgIpc) is 3.34. The van der Waals surface area contributed by atoms with Crippen molar-refractivity contribution < 1.29 is 23.9 Å². The molecule has 23 heavy (non-hydrogen) atoms. The lowest BCUT2D eigenvalue weighted by Gasteiger charge is -2.22. The molecule has 0 heterocycles. The molecule has 3 amide bonds. The average molecular weight is 329 g/mol. The number of urea groups is 1. The molecule has 0 unspecified atom stereocenters. The molecule has 1 aliphatic carbocycles. The highest BCUT2D eigenvalue weighted by Crippen LogP contribution is 2.28. The van der Waals surface area contributed by atoms with Gasteiger partial charge in [0, 0.05) is 20.2 Å². The zero-order valence-corrected chi connectivity index (χ0v) is 14.3. The topological polar surface area (TPSA) is 97.0 Å². The van der Waals surface area contributed by atoms with Gasteiger partial charge < -0.3 is 25.0 Å². The zero-order chi connectivity index (χ0) is 17.4. The Hall–Kier alpha value is -1.83. The maximum atomic E-state index is 12.0. The lowest BCUT2D eigenvalue weighted by molar-refractivity contribution is -0.144. The van der Waals surface area contributed by atoms with E-state index in [1.54, 1.807) is 14.0 Å². The number of carbonyl (C=O) groups excluding carboxylic acids is 3. The van der Waals surface area contributed by atoms with Gasteiger partial charge in [-0.05, 0) is 32.6 Å². The lowest BCUT2D eigenvalue weighted by atomic mass is 10.2. The van der Waals surface area contributed by atoms with Crippen molar-refractivity contribution in [2.75, 3.05) is 33.9 Å². The minimum Gasteiger partial charge on any atom is -0.467 e. The maximum Gasteiger partial charge on any atom is 0.328 e. The minimum atomic E-state index is -0.764. The van der Waals surface area contributed by atoms with Gasteiger partial charge in [-0.15, -0.1) is 0 Å². The Kier molecular flexibility index (Phi) is 7.80. The first kappa shape index (κ1) is 19.2. The number of rotatable bonds is 9. The van der Waals surface area contributed by atoms with Gasteiger partial charge in [-0.2, -0.15) is 0 Å². The second kappa shape index (κ2) is 9.34. The molecule has 0 radical (unpaired) electrons. The van der Waals surface area contributed by atoms with Gasteiger partial charge in [-0.1, -0.05) is 0 Å². The van der Waals surface area contributed by atoms with Gasteiger partial charge in [0.05, 0.1) is 13.7 Å². The fourth-order valence-electron chi connectivity index (χ4n) is 1.77. The molecule has 1 aliphatic rings. The first-order chi connectivity index (χ1) is 10.8. The van der Waals surface area contributed by atoms with Crippen LogP contribution in [0.5, 0.6) is 0 Å². The smallest absolute Gasteiger partial charge is 0.328 e. The Morgan fingerprint density at radius 3 is 2.39 bits per heavy atom. The van der Waals surface area contributed by atoms with Crippen LogP contribution in [0.4, 0.5) is 4.79 Å². The van der Waals surface area contributed by atoms with E-state index in [4.69, 9.17) is 4.74 Å². The fourth-order valence-corrected chi connectivity index (χ4v) is 1.77. The summed E-state index contributed by atoms with van der Waals surface area (Å²) in [6.07, 6.45) is 2.46. The predicted octanol–water partition coefficient (Wildman–Crippen LogP) is 0.121. The molecule has 8 nitrogen and oxygen atoms in total. The Labute approximate surface area is 136 Å².